The predicted molar refractivity (Wildman–Crippen MR) is 55.0 cm³/mol. The fourth-order valence-electron chi connectivity index (χ4n) is 1.06. The summed E-state index contributed by atoms with van der Waals surface area (Å²) in [5.74, 6) is 1.03. The minimum atomic E-state index is -0.211. The molecule has 4 nitrogen and oxygen atoms in total. The Bertz CT molecular complexity index is 433. The normalized spacial score (nSPS) is 13.1. The van der Waals surface area contributed by atoms with Gasteiger partial charge in [0.2, 0.25) is 5.89 Å². The first kappa shape index (κ1) is 9.36. The van der Waals surface area contributed by atoms with Crippen LogP contribution in [0.15, 0.2) is 15.9 Å². The molecule has 74 valence electrons. The predicted octanol–water partition coefficient (Wildman–Crippen LogP) is 2.13. The van der Waals surface area contributed by atoms with Crippen molar-refractivity contribution in [3.8, 4) is 10.8 Å². The van der Waals surface area contributed by atoms with Gasteiger partial charge in [0.05, 0.1) is 10.9 Å². The minimum Gasteiger partial charge on any atom is -0.418 e. The maximum atomic E-state index is 5.62. The van der Waals surface area contributed by atoms with Crippen LogP contribution in [-0.4, -0.2) is 10.2 Å². The van der Waals surface area contributed by atoms with E-state index in [-0.39, 0.29) is 6.04 Å². The van der Waals surface area contributed by atoms with Gasteiger partial charge in [-0.15, -0.1) is 21.5 Å². The number of hydrogen-bond donors (Lipinski definition) is 1. The average molecular weight is 209 g/mol. The van der Waals surface area contributed by atoms with E-state index >= 15 is 0 Å². The molecule has 0 aliphatic heterocycles. The van der Waals surface area contributed by atoms with Crippen LogP contribution in [0, 0.1) is 6.92 Å². The van der Waals surface area contributed by atoms with Crippen molar-refractivity contribution in [2.24, 2.45) is 5.73 Å². The van der Waals surface area contributed by atoms with Gasteiger partial charge in [-0.3, -0.25) is 0 Å². The van der Waals surface area contributed by atoms with Gasteiger partial charge in [0.15, 0.2) is 0 Å². The first-order valence-corrected chi connectivity index (χ1v) is 5.19. The lowest BCUT2D eigenvalue weighted by molar-refractivity contribution is 0.474. The van der Waals surface area contributed by atoms with E-state index in [0.29, 0.717) is 11.8 Å². The molecular weight excluding hydrogens is 198 g/mol. The standard InChI is InChI=1S/C9H11N3OS/c1-5-3-7(14-4-5)9-12-11-8(13-9)6(2)10/h3-4,6H,10H2,1-2H3. The monoisotopic (exact) mass is 209 g/mol. The summed E-state index contributed by atoms with van der Waals surface area (Å²) in [7, 11) is 0. The molecule has 0 radical (unpaired) electrons. The zero-order valence-corrected chi connectivity index (χ0v) is 8.84. The largest absolute Gasteiger partial charge is 0.418 e. The molecule has 0 bridgehead atoms. The van der Waals surface area contributed by atoms with Gasteiger partial charge in [0, 0.05) is 0 Å². The van der Waals surface area contributed by atoms with Crippen molar-refractivity contribution in [1.82, 2.24) is 10.2 Å². The minimum absolute atomic E-state index is 0.211. The molecule has 1 unspecified atom stereocenters. The quantitative estimate of drug-likeness (QED) is 0.822. The molecule has 14 heavy (non-hydrogen) atoms. The molecule has 2 heterocycles. The van der Waals surface area contributed by atoms with Gasteiger partial charge in [0.25, 0.3) is 5.89 Å². The van der Waals surface area contributed by atoms with Gasteiger partial charge in [-0.2, -0.15) is 0 Å². The van der Waals surface area contributed by atoms with E-state index in [0.717, 1.165) is 4.88 Å². The molecule has 2 rings (SSSR count). The molecule has 0 fully saturated rings. The maximum absolute atomic E-state index is 5.62. The topological polar surface area (TPSA) is 64.9 Å². The molecule has 0 aromatic carbocycles. The lowest BCUT2D eigenvalue weighted by Crippen LogP contribution is -2.04. The number of rotatable bonds is 2. The van der Waals surface area contributed by atoms with Gasteiger partial charge in [0.1, 0.15) is 0 Å². The number of aryl methyl sites for hydroxylation is 1. The first-order valence-electron chi connectivity index (χ1n) is 4.31. The third-order valence-corrected chi connectivity index (χ3v) is 2.81. The second-order valence-electron chi connectivity index (χ2n) is 3.22. The second-order valence-corrected chi connectivity index (χ2v) is 4.13. The van der Waals surface area contributed by atoms with Gasteiger partial charge < -0.3 is 10.2 Å². The third-order valence-electron chi connectivity index (χ3n) is 1.77. The van der Waals surface area contributed by atoms with Crippen LogP contribution in [0.25, 0.3) is 10.8 Å². The molecule has 0 aliphatic carbocycles. The molecule has 1 atom stereocenters. The van der Waals surface area contributed by atoms with E-state index in [2.05, 4.69) is 10.2 Å². The van der Waals surface area contributed by atoms with Crippen LogP contribution in [-0.2, 0) is 0 Å². The zero-order valence-electron chi connectivity index (χ0n) is 8.02. The van der Waals surface area contributed by atoms with Crippen molar-refractivity contribution in [2.45, 2.75) is 19.9 Å². The Balaban J connectivity index is 2.33. The van der Waals surface area contributed by atoms with Gasteiger partial charge in [-0.1, -0.05) is 0 Å². The second kappa shape index (κ2) is 3.51. The van der Waals surface area contributed by atoms with Crippen molar-refractivity contribution >= 4 is 11.3 Å². The van der Waals surface area contributed by atoms with E-state index in [1.165, 1.54) is 5.56 Å². The molecule has 0 saturated heterocycles. The Morgan fingerprint density at radius 1 is 1.50 bits per heavy atom. The van der Waals surface area contributed by atoms with E-state index in [1.54, 1.807) is 11.3 Å². The molecule has 5 heteroatoms. The highest BCUT2D eigenvalue weighted by Crippen LogP contribution is 2.26. The molecular formula is C9H11N3OS. The Hall–Kier alpha value is -1.20. The van der Waals surface area contributed by atoms with Crippen LogP contribution < -0.4 is 5.73 Å². The van der Waals surface area contributed by atoms with Crippen molar-refractivity contribution in [3.63, 3.8) is 0 Å². The van der Waals surface area contributed by atoms with Crippen LogP contribution in [0.4, 0.5) is 0 Å². The molecule has 2 aromatic rings. The molecule has 0 spiro atoms. The van der Waals surface area contributed by atoms with Crippen molar-refractivity contribution in [3.05, 3.63) is 22.9 Å². The lowest BCUT2D eigenvalue weighted by atomic mass is 10.3. The fourth-order valence-corrected chi connectivity index (χ4v) is 1.88. The van der Waals surface area contributed by atoms with E-state index in [9.17, 15) is 0 Å². The van der Waals surface area contributed by atoms with Gasteiger partial charge >= 0.3 is 0 Å². The summed E-state index contributed by atoms with van der Waals surface area (Å²) in [6, 6.07) is 1.81. The highest BCUT2D eigenvalue weighted by Gasteiger charge is 2.12. The highest BCUT2D eigenvalue weighted by molar-refractivity contribution is 7.13. The number of aromatic nitrogens is 2. The zero-order chi connectivity index (χ0) is 10.1. The summed E-state index contributed by atoms with van der Waals surface area (Å²) in [6.07, 6.45) is 0. The van der Waals surface area contributed by atoms with Crippen LogP contribution in [0.2, 0.25) is 0 Å². The lowest BCUT2D eigenvalue weighted by Gasteiger charge is -1.93. The van der Waals surface area contributed by atoms with E-state index < -0.39 is 0 Å². The number of thiophene rings is 1. The maximum Gasteiger partial charge on any atom is 0.257 e. The summed E-state index contributed by atoms with van der Waals surface area (Å²) in [5, 5.41) is 9.85. The number of hydrogen-bond acceptors (Lipinski definition) is 5. The third kappa shape index (κ3) is 1.69. The van der Waals surface area contributed by atoms with Crippen molar-refractivity contribution in [2.75, 3.05) is 0 Å². The highest BCUT2D eigenvalue weighted by atomic mass is 32.1. The first-order chi connectivity index (χ1) is 6.66. The Labute approximate surface area is 85.8 Å². The summed E-state index contributed by atoms with van der Waals surface area (Å²) >= 11 is 1.59. The van der Waals surface area contributed by atoms with Crippen LogP contribution in [0.5, 0.6) is 0 Å². The molecule has 0 aliphatic rings. The van der Waals surface area contributed by atoms with Gasteiger partial charge in [-0.05, 0) is 30.9 Å². The molecule has 0 amide bonds. The Kier molecular flexibility index (Phi) is 2.35. The summed E-state index contributed by atoms with van der Waals surface area (Å²) < 4.78 is 5.41. The van der Waals surface area contributed by atoms with Gasteiger partial charge in [-0.25, -0.2) is 0 Å². The number of nitrogens with zero attached hydrogens (tertiary/aromatic N) is 2. The Morgan fingerprint density at radius 2 is 2.29 bits per heavy atom. The molecule has 2 aromatic heterocycles. The summed E-state index contributed by atoms with van der Waals surface area (Å²) in [4.78, 5) is 0.988. The van der Waals surface area contributed by atoms with Crippen molar-refractivity contribution in [1.29, 1.82) is 0 Å². The summed E-state index contributed by atoms with van der Waals surface area (Å²) in [6.45, 7) is 3.85. The van der Waals surface area contributed by atoms with Crippen LogP contribution >= 0.6 is 11.3 Å². The van der Waals surface area contributed by atoms with E-state index in [4.69, 9.17) is 10.2 Å². The molecule has 2 N–H and O–H groups in total. The fraction of sp³-hybridized carbons (Fsp3) is 0.333. The SMILES string of the molecule is Cc1csc(-c2nnc(C(C)N)o2)c1. The summed E-state index contributed by atoms with van der Waals surface area (Å²) in [5.41, 5.74) is 6.82. The van der Waals surface area contributed by atoms with E-state index in [1.807, 2.05) is 25.3 Å². The smallest absolute Gasteiger partial charge is 0.257 e. The van der Waals surface area contributed by atoms with Crippen LogP contribution in [0.3, 0.4) is 0 Å². The molecule has 0 saturated carbocycles. The average Bonchev–Trinajstić information content (AvgIpc) is 2.70. The Morgan fingerprint density at radius 3 is 2.79 bits per heavy atom. The van der Waals surface area contributed by atoms with Crippen LogP contribution in [0.1, 0.15) is 24.4 Å². The number of nitrogens with two attached hydrogens (primary N) is 1. The van der Waals surface area contributed by atoms with Crippen molar-refractivity contribution < 1.29 is 4.42 Å².